The number of nitrogens with zero attached hydrogens (tertiary/aromatic N) is 2. The number of aromatic amines is 1. The van der Waals surface area contributed by atoms with Crippen LogP contribution in [0.15, 0.2) is 10.9 Å². The molecule has 0 saturated carbocycles. The third-order valence-electron chi connectivity index (χ3n) is 6.11. The highest BCUT2D eigenvalue weighted by Gasteiger charge is 2.38. The Kier molecular flexibility index (Phi) is 6.24. The van der Waals surface area contributed by atoms with Crippen LogP contribution in [0, 0.1) is 4.77 Å². The van der Waals surface area contributed by atoms with Crippen molar-refractivity contribution in [1.82, 2.24) is 14.5 Å². The maximum absolute atomic E-state index is 13.1. The molecular weight excluding hydrogens is 418 g/mol. The summed E-state index contributed by atoms with van der Waals surface area (Å²) in [5.74, 6) is 1.63. The van der Waals surface area contributed by atoms with Gasteiger partial charge in [0.2, 0.25) is 18.4 Å². The standard InChI is InChI=1S/C22H29N3O5S/c1-4-5-6-7-9-25-21(27)16(20(26)23-22(25)31)17-15-13(8-10-24(17)2)11-14-18(19(15)28-3)30-12-29-14/h11,17,27H,4-10,12H2,1-3H3,(H,23,26,31). The lowest BCUT2D eigenvalue weighted by atomic mass is 9.87. The second-order valence-electron chi connectivity index (χ2n) is 8.06. The zero-order chi connectivity index (χ0) is 22.1. The van der Waals surface area contributed by atoms with E-state index in [4.69, 9.17) is 26.4 Å². The maximum Gasteiger partial charge on any atom is 0.260 e. The number of fused-ring (bicyclic) bond motifs is 2. The quantitative estimate of drug-likeness (QED) is 0.496. The molecule has 2 N–H and O–H groups in total. The van der Waals surface area contributed by atoms with Crippen LogP contribution in [0.3, 0.4) is 0 Å². The van der Waals surface area contributed by atoms with Crippen LogP contribution in [0.25, 0.3) is 0 Å². The van der Waals surface area contributed by atoms with E-state index < -0.39 is 11.6 Å². The minimum atomic E-state index is -0.505. The maximum atomic E-state index is 13.1. The second kappa shape index (κ2) is 8.92. The Labute approximate surface area is 186 Å². The molecule has 4 rings (SSSR count). The highest BCUT2D eigenvalue weighted by atomic mass is 32.1. The number of ether oxygens (including phenoxy) is 3. The van der Waals surface area contributed by atoms with Crippen LogP contribution in [-0.2, 0) is 13.0 Å². The topological polar surface area (TPSA) is 89.0 Å². The van der Waals surface area contributed by atoms with E-state index in [1.165, 1.54) is 0 Å². The lowest BCUT2D eigenvalue weighted by molar-refractivity contribution is 0.170. The number of aromatic nitrogens is 2. The first-order valence-electron chi connectivity index (χ1n) is 10.7. The van der Waals surface area contributed by atoms with Crippen molar-refractivity contribution < 1.29 is 19.3 Å². The van der Waals surface area contributed by atoms with Gasteiger partial charge in [-0.15, -0.1) is 0 Å². The summed E-state index contributed by atoms with van der Waals surface area (Å²) in [4.78, 5) is 17.9. The van der Waals surface area contributed by atoms with Gasteiger partial charge in [-0.05, 0) is 43.7 Å². The van der Waals surface area contributed by atoms with Crippen molar-refractivity contribution in [2.75, 3.05) is 27.5 Å². The summed E-state index contributed by atoms with van der Waals surface area (Å²) in [6.07, 6.45) is 4.92. The number of methoxy groups -OCH3 is 1. The first-order chi connectivity index (χ1) is 15.0. The van der Waals surface area contributed by atoms with Gasteiger partial charge in [-0.2, -0.15) is 0 Å². The lowest BCUT2D eigenvalue weighted by Crippen LogP contribution is -2.37. The molecule has 3 heterocycles. The lowest BCUT2D eigenvalue weighted by Gasteiger charge is -2.36. The van der Waals surface area contributed by atoms with Crippen LogP contribution in [0.2, 0.25) is 0 Å². The van der Waals surface area contributed by atoms with Gasteiger partial charge in [0, 0.05) is 18.7 Å². The summed E-state index contributed by atoms with van der Waals surface area (Å²) in [7, 11) is 3.51. The molecule has 1 aromatic heterocycles. The molecule has 1 atom stereocenters. The number of aromatic hydroxyl groups is 1. The Morgan fingerprint density at radius 2 is 2.10 bits per heavy atom. The molecular formula is C22H29N3O5S. The van der Waals surface area contributed by atoms with Gasteiger partial charge in [-0.25, -0.2) is 0 Å². The van der Waals surface area contributed by atoms with E-state index in [0.29, 0.717) is 30.3 Å². The zero-order valence-corrected chi connectivity index (χ0v) is 19.0. The molecule has 0 amide bonds. The Bertz CT molecular complexity index is 1090. The summed E-state index contributed by atoms with van der Waals surface area (Å²) in [5.41, 5.74) is 1.71. The first-order valence-corrected chi connectivity index (χ1v) is 11.1. The molecule has 0 aliphatic carbocycles. The largest absolute Gasteiger partial charge is 0.494 e. The fourth-order valence-electron chi connectivity index (χ4n) is 4.52. The fraction of sp³-hybridized carbons (Fsp3) is 0.545. The van der Waals surface area contributed by atoms with E-state index >= 15 is 0 Å². The number of benzene rings is 1. The van der Waals surface area contributed by atoms with Gasteiger partial charge in [0.05, 0.1) is 18.7 Å². The molecule has 0 radical (unpaired) electrons. The Morgan fingerprint density at radius 1 is 1.29 bits per heavy atom. The van der Waals surface area contributed by atoms with Gasteiger partial charge in [0.25, 0.3) is 5.56 Å². The van der Waals surface area contributed by atoms with Gasteiger partial charge >= 0.3 is 0 Å². The fourth-order valence-corrected chi connectivity index (χ4v) is 4.79. The normalized spacial score (nSPS) is 17.6. The van der Waals surface area contributed by atoms with Crippen molar-refractivity contribution in [3.63, 3.8) is 0 Å². The van der Waals surface area contributed by atoms with Crippen molar-refractivity contribution in [3.05, 3.63) is 37.9 Å². The second-order valence-corrected chi connectivity index (χ2v) is 8.45. The average molecular weight is 448 g/mol. The number of nitrogens with one attached hydrogen (secondary N) is 1. The predicted molar refractivity (Wildman–Crippen MR) is 119 cm³/mol. The number of hydrogen-bond acceptors (Lipinski definition) is 7. The van der Waals surface area contributed by atoms with E-state index in [1.807, 2.05) is 18.0 Å². The van der Waals surface area contributed by atoms with Crippen molar-refractivity contribution in [1.29, 1.82) is 0 Å². The van der Waals surface area contributed by atoms with Crippen LogP contribution < -0.4 is 19.8 Å². The summed E-state index contributed by atoms with van der Waals surface area (Å²) in [5, 5.41) is 11.2. The first kappa shape index (κ1) is 21.7. The van der Waals surface area contributed by atoms with Gasteiger partial charge in [-0.3, -0.25) is 19.2 Å². The van der Waals surface area contributed by atoms with Crippen LogP contribution in [0.4, 0.5) is 0 Å². The minimum absolute atomic E-state index is 0.0883. The van der Waals surface area contributed by atoms with E-state index in [-0.39, 0.29) is 23.0 Å². The van der Waals surface area contributed by atoms with Gasteiger partial charge in [-0.1, -0.05) is 26.2 Å². The molecule has 1 unspecified atom stereocenters. The minimum Gasteiger partial charge on any atom is -0.494 e. The molecule has 2 aliphatic heterocycles. The number of H-pyrrole nitrogens is 1. The Balaban J connectivity index is 1.86. The van der Waals surface area contributed by atoms with Crippen molar-refractivity contribution in [2.24, 2.45) is 0 Å². The summed E-state index contributed by atoms with van der Waals surface area (Å²) in [6, 6.07) is 1.44. The van der Waals surface area contributed by atoms with Crippen molar-refractivity contribution in [2.45, 2.75) is 51.6 Å². The molecule has 1 aromatic carbocycles. The molecule has 9 heteroatoms. The van der Waals surface area contributed by atoms with Crippen LogP contribution >= 0.6 is 12.2 Å². The van der Waals surface area contributed by atoms with Crippen molar-refractivity contribution in [3.8, 4) is 23.1 Å². The number of rotatable bonds is 7. The molecule has 0 fully saturated rings. The van der Waals surface area contributed by atoms with E-state index in [1.54, 1.807) is 11.7 Å². The van der Waals surface area contributed by atoms with E-state index in [9.17, 15) is 9.90 Å². The highest BCUT2D eigenvalue weighted by molar-refractivity contribution is 7.71. The molecule has 2 aliphatic rings. The van der Waals surface area contributed by atoms with Gasteiger partial charge in [0.1, 0.15) is 0 Å². The predicted octanol–water partition coefficient (Wildman–Crippen LogP) is 3.51. The van der Waals surface area contributed by atoms with Crippen LogP contribution in [0.5, 0.6) is 23.1 Å². The van der Waals surface area contributed by atoms with Crippen LogP contribution in [0.1, 0.15) is 55.3 Å². The van der Waals surface area contributed by atoms with Crippen LogP contribution in [-0.4, -0.2) is 47.1 Å². The molecule has 2 aromatic rings. The average Bonchev–Trinajstić information content (AvgIpc) is 3.21. The molecule has 0 spiro atoms. The zero-order valence-electron chi connectivity index (χ0n) is 18.2. The number of likely N-dealkylation sites (N-methyl/N-ethyl adjacent to an activating group) is 1. The molecule has 31 heavy (non-hydrogen) atoms. The highest BCUT2D eigenvalue weighted by Crippen LogP contribution is 2.51. The smallest absolute Gasteiger partial charge is 0.260 e. The number of unbranched alkanes of at least 4 members (excludes halogenated alkanes) is 3. The number of hydrogen-bond donors (Lipinski definition) is 2. The molecule has 8 nitrogen and oxygen atoms in total. The summed E-state index contributed by atoms with van der Waals surface area (Å²) < 4.78 is 18.8. The third kappa shape index (κ3) is 3.80. The molecule has 0 saturated heterocycles. The molecule has 0 bridgehead atoms. The van der Waals surface area contributed by atoms with E-state index in [2.05, 4.69) is 11.9 Å². The van der Waals surface area contributed by atoms with Gasteiger partial charge < -0.3 is 19.3 Å². The monoisotopic (exact) mass is 447 g/mol. The summed E-state index contributed by atoms with van der Waals surface area (Å²) in [6.45, 7) is 3.54. The van der Waals surface area contributed by atoms with Gasteiger partial charge in [0.15, 0.2) is 16.3 Å². The summed E-state index contributed by atoms with van der Waals surface area (Å²) >= 11 is 5.36. The van der Waals surface area contributed by atoms with Crippen molar-refractivity contribution >= 4 is 12.2 Å². The Morgan fingerprint density at radius 3 is 2.84 bits per heavy atom. The SMILES string of the molecule is CCCCCCn1c(O)c(C2c3c(cc4c(c3OC)OCO4)CCN2C)c(=O)[nH]c1=S. The molecule has 168 valence electrons. The third-order valence-corrected chi connectivity index (χ3v) is 6.43. The Hall–Kier alpha value is -2.52. The van der Waals surface area contributed by atoms with E-state index in [0.717, 1.165) is 43.2 Å².